The number of anilines is 1. The van der Waals surface area contributed by atoms with E-state index < -0.39 is 0 Å². The van der Waals surface area contributed by atoms with Crippen LogP contribution in [0.1, 0.15) is 18.0 Å². The van der Waals surface area contributed by atoms with Crippen LogP contribution >= 0.6 is 0 Å². The lowest BCUT2D eigenvalue weighted by Gasteiger charge is -2.25. The maximum atomic E-state index is 5.72. The van der Waals surface area contributed by atoms with Gasteiger partial charge in [-0.25, -0.2) is 0 Å². The molecule has 1 aliphatic heterocycles. The molecule has 70 valence electrons. The van der Waals surface area contributed by atoms with E-state index in [2.05, 4.69) is 5.32 Å². The number of hydrogen-bond acceptors (Lipinski definition) is 3. The van der Waals surface area contributed by atoms with Crippen LogP contribution in [0, 0.1) is 0 Å². The zero-order valence-electron chi connectivity index (χ0n) is 7.71. The lowest BCUT2D eigenvalue weighted by Crippen LogP contribution is -2.24. The van der Waals surface area contributed by atoms with E-state index in [4.69, 9.17) is 10.5 Å². The summed E-state index contributed by atoms with van der Waals surface area (Å²) in [7, 11) is 1.96. The van der Waals surface area contributed by atoms with Crippen LogP contribution in [0.5, 0.6) is 5.75 Å². The number of ether oxygens (including phenoxy) is 1. The topological polar surface area (TPSA) is 47.3 Å². The highest BCUT2D eigenvalue weighted by atomic mass is 16.5. The third-order valence-corrected chi connectivity index (χ3v) is 2.42. The van der Waals surface area contributed by atoms with Crippen LogP contribution in [0.4, 0.5) is 5.69 Å². The number of fused-ring (bicyclic) bond motifs is 1. The number of rotatable bonds is 1. The minimum absolute atomic E-state index is 0.382. The Morgan fingerprint density at radius 1 is 1.54 bits per heavy atom. The Morgan fingerprint density at radius 2 is 2.38 bits per heavy atom. The molecule has 0 aromatic heterocycles. The zero-order valence-corrected chi connectivity index (χ0v) is 7.71. The van der Waals surface area contributed by atoms with E-state index in [0.29, 0.717) is 6.04 Å². The van der Waals surface area contributed by atoms with Gasteiger partial charge in [-0.2, -0.15) is 0 Å². The number of nitrogens with two attached hydrogens (primary N) is 1. The predicted molar refractivity (Wildman–Crippen MR) is 52.8 cm³/mol. The molecule has 2 rings (SSSR count). The van der Waals surface area contributed by atoms with E-state index in [0.717, 1.165) is 24.5 Å². The van der Waals surface area contributed by atoms with Crippen LogP contribution in [0.25, 0.3) is 0 Å². The average molecular weight is 178 g/mol. The summed E-state index contributed by atoms with van der Waals surface area (Å²) in [5.74, 6) is 0.958. The van der Waals surface area contributed by atoms with Gasteiger partial charge >= 0.3 is 0 Å². The van der Waals surface area contributed by atoms with Gasteiger partial charge in [-0.15, -0.1) is 0 Å². The van der Waals surface area contributed by atoms with Crippen LogP contribution in [-0.2, 0) is 0 Å². The second kappa shape index (κ2) is 3.26. The minimum atomic E-state index is 0.382. The summed E-state index contributed by atoms with van der Waals surface area (Å²) in [6.07, 6.45) is 1.01. The number of benzene rings is 1. The smallest absolute Gasteiger partial charge is 0.124 e. The Hall–Kier alpha value is -1.22. The minimum Gasteiger partial charge on any atom is -0.493 e. The Bertz CT molecular complexity index is 312. The zero-order chi connectivity index (χ0) is 9.26. The van der Waals surface area contributed by atoms with Crippen molar-refractivity contribution in [3.8, 4) is 5.75 Å². The van der Waals surface area contributed by atoms with Gasteiger partial charge in [-0.3, -0.25) is 0 Å². The van der Waals surface area contributed by atoms with Gasteiger partial charge in [0.2, 0.25) is 0 Å². The van der Waals surface area contributed by atoms with E-state index in [9.17, 15) is 0 Å². The van der Waals surface area contributed by atoms with Crippen LogP contribution in [0.15, 0.2) is 18.2 Å². The summed E-state index contributed by atoms with van der Waals surface area (Å²) < 4.78 is 5.51. The number of nitrogen functional groups attached to an aromatic ring is 1. The first-order valence-corrected chi connectivity index (χ1v) is 4.51. The van der Waals surface area contributed by atoms with Gasteiger partial charge in [-0.1, -0.05) is 0 Å². The van der Waals surface area contributed by atoms with Crippen molar-refractivity contribution < 1.29 is 4.74 Å². The van der Waals surface area contributed by atoms with Gasteiger partial charge in [-0.05, 0) is 25.2 Å². The molecule has 0 spiro atoms. The summed E-state index contributed by atoms with van der Waals surface area (Å²) in [6.45, 7) is 0.780. The first-order chi connectivity index (χ1) is 6.31. The molecule has 1 aliphatic rings. The molecule has 3 nitrogen and oxygen atoms in total. The van der Waals surface area contributed by atoms with Gasteiger partial charge in [0.25, 0.3) is 0 Å². The molecule has 0 saturated carbocycles. The van der Waals surface area contributed by atoms with E-state index in [1.54, 1.807) is 0 Å². The fourth-order valence-electron chi connectivity index (χ4n) is 1.71. The molecule has 0 aliphatic carbocycles. The molecule has 0 bridgehead atoms. The Kier molecular flexibility index (Phi) is 2.10. The van der Waals surface area contributed by atoms with Crippen molar-refractivity contribution >= 4 is 5.69 Å². The van der Waals surface area contributed by atoms with Crippen LogP contribution in [-0.4, -0.2) is 13.7 Å². The van der Waals surface area contributed by atoms with Crippen LogP contribution in [0.2, 0.25) is 0 Å². The van der Waals surface area contributed by atoms with E-state index in [1.807, 2.05) is 25.2 Å². The van der Waals surface area contributed by atoms with Crippen molar-refractivity contribution in [3.63, 3.8) is 0 Å². The standard InChI is InChI=1S/C10H14N2O/c1-12-9-4-5-13-10-3-2-7(11)6-8(9)10/h2-3,6,9,12H,4-5,11H2,1H3. The fourth-order valence-corrected chi connectivity index (χ4v) is 1.71. The van der Waals surface area contributed by atoms with Gasteiger partial charge in [0.1, 0.15) is 5.75 Å². The lowest BCUT2D eigenvalue weighted by atomic mass is 10.0. The molecule has 3 N–H and O–H groups in total. The first-order valence-electron chi connectivity index (χ1n) is 4.51. The summed E-state index contributed by atoms with van der Waals surface area (Å²) >= 11 is 0. The van der Waals surface area contributed by atoms with Gasteiger partial charge < -0.3 is 15.8 Å². The summed E-state index contributed by atoms with van der Waals surface area (Å²) in [6, 6.07) is 6.17. The van der Waals surface area contributed by atoms with E-state index >= 15 is 0 Å². The normalized spacial score (nSPS) is 20.5. The lowest BCUT2D eigenvalue weighted by molar-refractivity contribution is 0.257. The van der Waals surface area contributed by atoms with Crippen molar-refractivity contribution in [1.29, 1.82) is 0 Å². The van der Waals surface area contributed by atoms with Crippen LogP contribution < -0.4 is 15.8 Å². The molecule has 0 radical (unpaired) electrons. The highest BCUT2D eigenvalue weighted by Crippen LogP contribution is 2.32. The molecule has 3 heteroatoms. The summed E-state index contributed by atoms with van der Waals surface area (Å²) in [4.78, 5) is 0. The molecule has 13 heavy (non-hydrogen) atoms. The number of hydrogen-bond donors (Lipinski definition) is 2. The quantitative estimate of drug-likeness (QED) is 0.637. The van der Waals surface area contributed by atoms with Crippen molar-refractivity contribution in [1.82, 2.24) is 5.32 Å². The van der Waals surface area contributed by atoms with E-state index in [-0.39, 0.29) is 0 Å². The Balaban J connectivity index is 2.41. The maximum Gasteiger partial charge on any atom is 0.124 e. The summed E-state index contributed by atoms with van der Waals surface area (Å²) in [5.41, 5.74) is 7.69. The third-order valence-electron chi connectivity index (χ3n) is 2.42. The molecule has 1 aromatic carbocycles. The maximum absolute atomic E-state index is 5.72. The second-order valence-electron chi connectivity index (χ2n) is 3.28. The molecule has 1 heterocycles. The van der Waals surface area contributed by atoms with Crippen molar-refractivity contribution in [2.24, 2.45) is 0 Å². The molecule has 1 aromatic rings. The van der Waals surface area contributed by atoms with Gasteiger partial charge in [0, 0.05) is 23.7 Å². The molecular formula is C10H14N2O. The molecule has 1 unspecified atom stereocenters. The predicted octanol–water partition coefficient (Wildman–Crippen LogP) is 1.31. The molecule has 0 amide bonds. The van der Waals surface area contributed by atoms with Crippen molar-refractivity contribution in [3.05, 3.63) is 23.8 Å². The highest BCUT2D eigenvalue weighted by Gasteiger charge is 2.19. The number of nitrogens with one attached hydrogen (secondary N) is 1. The van der Waals surface area contributed by atoms with E-state index in [1.165, 1.54) is 5.56 Å². The van der Waals surface area contributed by atoms with Crippen LogP contribution in [0.3, 0.4) is 0 Å². The molecule has 0 fully saturated rings. The molecule has 0 saturated heterocycles. The average Bonchev–Trinajstić information content (AvgIpc) is 2.17. The van der Waals surface area contributed by atoms with Gasteiger partial charge in [0.05, 0.1) is 6.61 Å². The molecular weight excluding hydrogens is 164 g/mol. The monoisotopic (exact) mass is 178 g/mol. The third kappa shape index (κ3) is 1.47. The Morgan fingerprint density at radius 3 is 3.15 bits per heavy atom. The van der Waals surface area contributed by atoms with Crippen molar-refractivity contribution in [2.75, 3.05) is 19.4 Å². The SMILES string of the molecule is CNC1CCOc2ccc(N)cc21. The highest BCUT2D eigenvalue weighted by molar-refractivity contribution is 5.49. The van der Waals surface area contributed by atoms with Gasteiger partial charge in [0.15, 0.2) is 0 Å². The molecule has 1 atom stereocenters. The second-order valence-corrected chi connectivity index (χ2v) is 3.28. The largest absolute Gasteiger partial charge is 0.493 e. The Labute approximate surface area is 77.9 Å². The fraction of sp³-hybridized carbons (Fsp3) is 0.400. The summed E-state index contributed by atoms with van der Waals surface area (Å²) in [5, 5.41) is 3.25. The first kappa shape index (κ1) is 8.38. The van der Waals surface area contributed by atoms with Crippen molar-refractivity contribution in [2.45, 2.75) is 12.5 Å².